The molecule has 0 rings (SSSR count). The van der Waals surface area contributed by atoms with Gasteiger partial charge in [-0.15, -0.1) is 0 Å². The van der Waals surface area contributed by atoms with Crippen LogP contribution in [0.2, 0.25) is 0 Å². The number of carbonyl (C=O) groups is 1. The molecule has 0 aliphatic carbocycles. The number of rotatable bonds is 2. The Morgan fingerprint density at radius 2 is 2.18 bits per heavy atom. The number of aliphatic imine (C=N–C) groups is 1. The molecule has 0 aliphatic heterocycles. The zero-order chi connectivity index (χ0) is 8.85. The largest absolute Gasteiger partial charge is 0.480 e. The van der Waals surface area contributed by atoms with Crippen LogP contribution < -0.4 is 10.6 Å². The number of hydrogen-bond donors (Lipinski definition) is 3. The van der Waals surface area contributed by atoms with Gasteiger partial charge in [0.15, 0.2) is 5.96 Å². The van der Waals surface area contributed by atoms with Gasteiger partial charge in [-0.1, -0.05) is 0 Å². The van der Waals surface area contributed by atoms with Crippen molar-refractivity contribution < 1.29 is 9.90 Å². The van der Waals surface area contributed by atoms with E-state index in [0.717, 1.165) is 0 Å². The van der Waals surface area contributed by atoms with E-state index in [1.165, 1.54) is 0 Å². The molecule has 5 heteroatoms. The van der Waals surface area contributed by atoms with Crippen molar-refractivity contribution in [3.63, 3.8) is 0 Å². The van der Waals surface area contributed by atoms with Crippen LogP contribution >= 0.6 is 0 Å². The normalized spacial score (nSPS) is 13.9. The van der Waals surface area contributed by atoms with Crippen LogP contribution in [0.25, 0.3) is 0 Å². The number of carboxylic acid groups (broad SMARTS) is 1. The Balaban J connectivity index is 3.92. The maximum Gasteiger partial charge on any atom is 0.325 e. The van der Waals surface area contributed by atoms with Crippen molar-refractivity contribution in [3.05, 3.63) is 0 Å². The van der Waals surface area contributed by atoms with Crippen molar-refractivity contribution in [1.29, 1.82) is 0 Å². The van der Waals surface area contributed by atoms with E-state index in [0.29, 0.717) is 5.96 Å². The van der Waals surface area contributed by atoms with Crippen molar-refractivity contribution in [3.8, 4) is 0 Å². The third-order valence-electron chi connectivity index (χ3n) is 1.18. The third-order valence-corrected chi connectivity index (χ3v) is 1.18. The quantitative estimate of drug-likeness (QED) is 0.366. The molecule has 1 atom stereocenters. The van der Waals surface area contributed by atoms with Crippen LogP contribution in [0.3, 0.4) is 0 Å². The molecular weight excluding hydrogens is 146 g/mol. The number of guanidine groups is 1. The summed E-state index contributed by atoms with van der Waals surface area (Å²) in [7, 11) is 3.25. The maximum atomic E-state index is 10.3. The molecule has 0 radical (unpaired) electrons. The summed E-state index contributed by atoms with van der Waals surface area (Å²) in [4.78, 5) is 14.1. The Bertz CT molecular complexity index is 167. The van der Waals surface area contributed by atoms with Crippen LogP contribution in [-0.4, -0.2) is 37.2 Å². The third kappa shape index (κ3) is 3.44. The predicted octanol–water partition coefficient (Wildman–Crippen LogP) is -0.746. The van der Waals surface area contributed by atoms with E-state index in [1.54, 1.807) is 21.0 Å². The molecule has 0 spiro atoms. The van der Waals surface area contributed by atoms with Gasteiger partial charge in [-0.2, -0.15) is 0 Å². The summed E-state index contributed by atoms with van der Waals surface area (Å²) in [5, 5.41) is 13.8. The lowest BCUT2D eigenvalue weighted by atomic mass is 10.3. The highest BCUT2D eigenvalue weighted by atomic mass is 16.4. The SMILES string of the molecule is CN=C(NC)NC(C)C(=O)O. The fourth-order valence-electron chi connectivity index (χ4n) is 0.515. The fraction of sp³-hybridized carbons (Fsp3) is 0.667. The van der Waals surface area contributed by atoms with Crippen molar-refractivity contribution in [2.24, 2.45) is 4.99 Å². The maximum absolute atomic E-state index is 10.3. The Hall–Kier alpha value is -1.26. The first-order valence-corrected chi connectivity index (χ1v) is 3.25. The summed E-state index contributed by atoms with van der Waals surface area (Å²) >= 11 is 0. The van der Waals surface area contributed by atoms with E-state index in [9.17, 15) is 4.79 Å². The average molecular weight is 159 g/mol. The van der Waals surface area contributed by atoms with Gasteiger partial charge in [-0.05, 0) is 6.92 Å². The van der Waals surface area contributed by atoms with Gasteiger partial charge in [0, 0.05) is 14.1 Å². The van der Waals surface area contributed by atoms with Crippen LogP contribution in [0.4, 0.5) is 0 Å². The van der Waals surface area contributed by atoms with Gasteiger partial charge in [0.1, 0.15) is 6.04 Å². The number of nitrogens with zero attached hydrogens (tertiary/aromatic N) is 1. The molecule has 0 aromatic heterocycles. The van der Waals surface area contributed by atoms with Crippen LogP contribution in [0.1, 0.15) is 6.92 Å². The number of nitrogens with one attached hydrogen (secondary N) is 2. The molecule has 5 nitrogen and oxygen atoms in total. The Labute approximate surface area is 65.5 Å². The molecule has 64 valence electrons. The number of carboxylic acids is 1. The molecule has 0 aromatic carbocycles. The molecule has 0 aromatic rings. The van der Waals surface area contributed by atoms with Crippen LogP contribution in [0, 0.1) is 0 Å². The van der Waals surface area contributed by atoms with Crippen LogP contribution in [0.15, 0.2) is 4.99 Å². The van der Waals surface area contributed by atoms with Gasteiger partial charge in [0.25, 0.3) is 0 Å². The van der Waals surface area contributed by atoms with Crippen molar-refractivity contribution in [2.45, 2.75) is 13.0 Å². The first-order valence-electron chi connectivity index (χ1n) is 3.25. The summed E-state index contributed by atoms with van der Waals surface area (Å²) in [5.41, 5.74) is 0. The van der Waals surface area contributed by atoms with E-state index >= 15 is 0 Å². The van der Waals surface area contributed by atoms with Crippen molar-refractivity contribution >= 4 is 11.9 Å². The lowest BCUT2D eigenvalue weighted by molar-refractivity contribution is -0.138. The van der Waals surface area contributed by atoms with Gasteiger partial charge < -0.3 is 15.7 Å². The number of hydrogen-bond acceptors (Lipinski definition) is 2. The monoisotopic (exact) mass is 159 g/mol. The Morgan fingerprint density at radius 3 is 2.45 bits per heavy atom. The van der Waals surface area contributed by atoms with E-state index in [-0.39, 0.29) is 0 Å². The second-order valence-electron chi connectivity index (χ2n) is 2.03. The average Bonchev–Trinajstić information content (AvgIpc) is 1.99. The summed E-state index contributed by atoms with van der Waals surface area (Å²) < 4.78 is 0. The molecule has 0 heterocycles. The molecule has 0 amide bonds. The fourth-order valence-corrected chi connectivity index (χ4v) is 0.515. The Morgan fingerprint density at radius 1 is 1.64 bits per heavy atom. The lowest BCUT2D eigenvalue weighted by Crippen LogP contribution is -2.44. The van der Waals surface area contributed by atoms with Crippen molar-refractivity contribution in [1.82, 2.24) is 10.6 Å². The van der Waals surface area contributed by atoms with Gasteiger partial charge >= 0.3 is 5.97 Å². The van der Waals surface area contributed by atoms with E-state index in [1.807, 2.05) is 0 Å². The minimum absolute atomic E-state index is 0.472. The standard InChI is InChI=1S/C6H13N3O2/c1-4(5(10)11)9-6(7-2)8-3/h4H,1-3H3,(H,10,11)(H2,7,8,9). The molecule has 3 N–H and O–H groups in total. The van der Waals surface area contributed by atoms with E-state index in [2.05, 4.69) is 15.6 Å². The highest BCUT2D eigenvalue weighted by Crippen LogP contribution is 1.79. The molecule has 1 unspecified atom stereocenters. The van der Waals surface area contributed by atoms with Gasteiger partial charge in [0.05, 0.1) is 0 Å². The van der Waals surface area contributed by atoms with E-state index in [4.69, 9.17) is 5.11 Å². The highest BCUT2D eigenvalue weighted by Gasteiger charge is 2.10. The summed E-state index contributed by atoms with van der Waals surface area (Å²) in [6.07, 6.45) is 0. The molecule has 0 saturated heterocycles. The minimum Gasteiger partial charge on any atom is -0.480 e. The molecule has 0 fully saturated rings. The van der Waals surface area contributed by atoms with E-state index < -0.39 is 12.0 Å². The molecule has 0 saturated carbocycles. The first kappa shape index (κ1) is 9.74. The molecule has 11 heavy (non-hydrogen) atoms. The summed E-state index contributed by atoms with van der Waals surface area (Å²) in [5.74, 6) is -0.429. The Kier molecular flexibility index (Phi) is 4.02. The van der Waals surface area contributed by atoms with Gasteiger partial charge in [0.2, 0.25) is 0 Å². The molecular formula is C6H13N3O2. The number of aliphatic carboxylic acids is 1. The predicted molar refractivity (Wildman–Crippen MR) is 42.7 cm³/mol. The first-order chi connectivity index (χ1) is 5.11. The molecule has 0 aliphatic rings. The lowest BCUT2D eigenvalue weighted by Gasteiger charge is -2.11. The highest BCUT2D eigenvalue weighted by molar-refractivity contribution is 5.85. The van der Waals surface area contributed by atoms with Gasteiger partial charge in [-0.3, -0.25) is 9.79 Å². The second kappa shape index (κ2) is 4.54. The minimum atomic E-state index is -0.901. The summed E-state index contributed by atoms with van der Waals surface area (Å²) in [6.45, 7) is 1.55. The van der Waals surface area contributed by atoms with Gasteiger partial charge in [-0.25, -0.2) is 0 Å². The molecule has 0 bridgehead atoms. The second-order valence-corrected chi connectivity index (χ2v) is 2.03. The smallest absolute Gasteiger partial charge is 0.325 e. The van der Waals surface area contributed by atoms with Crippen LogP contribution in [-0.2, 0) is 4.79 Å². The summed E-state index contributed by atoms with van der Waals surface area (Å²) in [6, 6.07) is -0.624. The zero-order valence-corrected chi connectivity index (χ0v) is 6.88. The zero-order valence-electron chi connectivity index (χ0n) is 6.88. The van der Waals surface area contributed by atoms with Crippen molar-refractivity contribution in [2.75, 3.05) is 14.1 Å². The van der Waals surface area contributed by atoms with Crippen LogP contribution in [0.5, 0.6) is 0 Å². The topological polar surface area (TPSA) is 73.7 Å².